The fourth-order valence-electron chi connectivity index (χ4n) is 3.36. The molecule has 1 fully saturated rings. The van der Waals surface area contributed by atoms with Crippen molar-refractivity contribution < 1.29 is 9.59 Å². The van der Waals surface area contributed by atoms with E-state index in [4.69, 9.17) is 10.7 Å². The minimum atomic E-state index is -0.471. The first-order valence-corrected chi connectivity index (χ1v) is 11.7. The van der Waals surface area contributed by atoms with Crippen molar-refractivity contribution in [3.05, 3.63) is 71.5 Å². The normalized spacial score (nSPS) is 12.9. The summed E-state index contributed by atoms with van der Waals surface area (Å²) in [4.78, 5) is 32.9. The molecule has 0 saturated heterocycles. The number of carbonyl (C=O) groups is 2. The van der Waals surface area contributed by atoms with Crippen LogP contribution in [-0.4, -0.2) is 51.3 Å². The summed E-state index contributed by atoms with van der Waals surface area (Å²) in [6, 6.07) is 15.0. The van der Waals surface area contributed by atoms with Gasteiger partial charge < -0.3 is 11.1 Å². The van der Waals surface area contributed by atoms with Crippen molar-refractivity contribution in [3.63, 3.8) is 0 Å². The minimum absolute atomic E-state index is 0.298. The molecule has 1 aromatic carbocycles. The maximum absolute atomic E-state index is 12.2. The maximum atomic E-state index is 12.2. The van der Waals surface area contributed by atoms with Gasteiger partial charge >= 0.3 is 114 Å². The Morgan fingerprint density at radius 2 is 1.85 bits per heavy atom. The van der Waals surface area contributed by atoms with Crippen LogP contribution in [0.3, 0.4) is 0 Å². The number of nitrogens with two attached hydrogens (primary N) is 1. The Morgan fingerprint density at radius 1 is 1.06 bits per heavy atom. The van der Waals surface area contributed by atoms with Crippen LogP contribution >= 0.6 is 0 Å². The molecule has 3 amide bonds. The zero-order chi connectivity index (χ0) is 23.2. The number of rotatable bonds is 9. The molecule has 1 aliphatic rings. The number of pyridine rings is 2. The standard InChI is InChI=1S/C24H25AsN6O2/c25-22-10-1-15(13-28-22)14-29-24(33)30-18-4-2-16(3-5-18)20-9-8-19(23(26)32)21(31-20)11-12-27-17-6-7-17/h1-5,8-10,13,17,27H,6-7,11-12,14H2,(H2,26,32)(H2,29,30,33). The van der Waals surface area contributed by atoms with Gasteiger partial charge in [0.2, 0.25) is 0 Å². The van der Waals surface area contributed by atoms with Crippen LogP contribution in [0.15, 0.2) is 54.7 Å². The van der Waals surface area contributed by atoms with Gasteiger partial charge in [-0.1, -0.05) is 0 Å². The molecule has 3 aromatic rings. The van der Waals surface area contributed by atoms with E-state index in [2.05, 4.69) is 37.8 Å². The number of primary amides is 1. The Hall–Kier alpha value is -3.22. The molecule has 2 heterocycles. The molecular formula is C24H25AsN6O2. The van der Waals surface area contributed by atoms with Crippen molar-refractivity contribution in [2.75, 3.05) is 11.9 Å². The molecule has 0 aliphatic heterocycles. The van der Waals surface area contributed by atoms with E-state index in [-0.39, 0.29) is 6.03 Å². The van der Waals surface area contributed by atoms with Gasteiger partial charge in [0.05, 0.1) is 17.0 Å². The molecule has 2 aromatic heterocycles. The second-order valence-corrected chi connectivity index (χ2v) is 8.90. The first-order valence-electron chi connectivity index (χ1n) is 10.8. The zero-order valence-corrected chi connectivity index (χ0v) is 19.9. The van der Waals surface area contributed by atoms with Crippen LogP contribution < -0.4 is 26.2 Å². The Balaban J connectivity index is 1.37. The summed E-state index contributed by atoms with van der Waals surface area (Å²) in [5.74, 6) is -0.471. The fraction of sp³-hybridized carbons (Fsp3) is 0.250. The molecule has 4 rings (SSSR count). The van der Waals surface area contributed by atoms with Crippen LogP contribution in [0.4, 0.5) is 10.5 Å². The second-order valence-electron chi connectivity index (χ2n) is 7.94. The summed E-state index contributed by atoms with van der Waals surface area (Å²) in [6.07, 6.45) is 4.78. The second kappa shape index (κ2) is 10.6. The van der Waals surface area contributed by atoms with Crippen LogP contribution in [0.5, 0.6) is 0 Å². The number of carbonyl (C=O) groups excluding carboxylic acids is 2. The van der Waals surface area contributed by atoms with E-state index in [1.54, 1.807) is 18.3 Å². The predicted octanol–water partition coefficient (Wildman–Crippen LogP) is 1.65. The van der Waals surface area contributed by atoms with Crippen molar-refractivity contribution in [3.8, 4) is 11.3 Å². The van der Waals surface area contributed by atoms with Gasteiger partial charge in [0.15, 0.2) is 0 Å². The van der Waals surface area contributed by atoms with Crippen molar-refractivity contribution >= 4 is 39.0 Å². The largest absolute Gasteiger partial charge is 0.314 e. The number of benzene rings is 1. The summed E-state index contributed by atoms with van der Waals surface area (Å²) in [6.45, 7) is 1.15. The molecule has 1 saturated carbocycles. The molecule has 0 bridgehead atoms. The molecule has 8 nitrogen and oxygen atoms in total. The third-order valence-corrected chi connectivity index (χ3v) is 5.87. The maximum Gasteiger partial charge on any atom is 0.0551 e. The number of aromatic nitrogens is 2. The molecule has 0 atom stereocenters. The first-order chi connectivity index (χ1) is 16.0. The summed E-state index contributed by atoms with van der Waals surface area (Å²) in [7, 11) is 0. The number of hydrogen-bond donors (Lipinski definition) is 4. The van der Waals surface area contributed by atoms with Gasteiger partial charge in [-0.15, -0.1) is 0 Å². The molecule has 168 valence electrons. The average molecular weight is 504 g/mol. The van der Waals surface area contributed by atoms with Gasteiger partial charge in [0.1, 0.15) is 0 Å². The molecule has 0 spiro atoms. The monoisotopic (exact) mass is 504 g/mol. The molecule has 2 radical (unpaired) electrons. The Kier molecular flexibility index (Phi) is 7.37. The molecule has 9 heteroatoms. The zero-order valence-electron chi connectivity index (χ0n) is 18.0. The summed E-state index contributed by atoms with van der Waals surface area (Å²) >= 11 is 2.37. The van der Waals surface area contributed by atoms with E-state index >= 15 is 0 Å². The van der Waals surface area contributed by atoms with Crippen LogP contribution in [0, 0.1) is 0 Å². The van der Waals surface area contributed by atoms with Crippen LogP contribution in [0.2, 0.25) is 0 Å². The van der Waals surface area contributed by atoms with Crippen molar-refractivity contribution in [1.29, 1.82) is 0 Å². The quantitative estimate of drug-likeness (QED) is 0.330. The predicted molar refractivity (Wildman–Crippen MR) is 128 cm³/mol. The molecule has 5 N–H and O–H groups in total. The van der Waals surface area contributed by atoms with E-state index < -0.39 is 5.91 Å². The SMILES string of the molecule is NC(=O)c1ccc(-c2ccc(NC(=O)NCc3ccc([As])nc3)cc2)nc1CCNC1CC1. The van der Waals surface area contributed by atoms with Crippen LogP contribution in [0.25, 0.3) is 11.3 Å². The number of nitrogens with zero attached hydrogens (tertiary/aromatic N) is 2. The van der Waals surface area contributed by atoms with Crippen molar-refractivity contribution in [1.82, 2.24) is 20.6 Å². The van der Waals surface area contributed by atoms with Gasteiger partial charge in [-0.05, 0) is 25.0 Å². The van der Waals surface area contributed by atoms with Gasteiger partial charge in [-0.2, -0.15) is 0 Å². The minimum Gasteiger partial charge on any atom is -0.314 e. The van der Waals surface area contributed by atoms with Crippen LogP contribution in [0.1, 0.15) is 34.5 Å². The summed E-state index contributed by atoms with van der Waals surface area (Å²) in [5, 5.41) is 9.07. The van der Waals surface area contributed by atoms with E-state index in [0.29, 0.717) is 36.0 Å². The number of hydrogen-bond acceptors (Lipinski definition) is 5. The molecular weight excluding hydrogens is 479 g/mol. The van der Waals surface area contributed by atoms with Gasteiger partial charge in [0.25, 0.3) is 5.91 Å². The average Bonchev–Trinajstić information content (AvgIpc) is 3.63. The smallest absolute Gasteiger partial charge is 0.0551 e. The van der Waals surface area contributed by atoms with E-state index in [9.17, 15) is 9.59 Å². The third kappa shape index (κ3) is 6.63. The van der Waals surface area contributed by atoms with Gasteiger partial charge in [-0.3, -0.25) is 9.78 Å². The van der Waals surface area contributed by atoms with Gasteiger partial charge in [-0.25, -0.2) is 0 Å². The number of nitrogens with one attached hydrogen (secondary N) is 3. The number of anilines is 1. The van der Waals surface area contributed by atoms with Gasteiger partial charge in [0, 0.05) is 19.0 Å². The molecule has 1 aliphatic carbocycles. The van der Waals surface area contributed by atoms with E-state index in [0.717, 1.165) is 27.8 Å². The van der Waals surface area contributed by atoms with Crippen molar-refractivity contribution in [2.45, 2.75) is 31.8 Å². The fourth-order valence-corrected chi connectivity index (χ4v) is 3.64. The third-order valence-electron chi connectivity index (χ3n) is 5.31. The first kappa shape index (κ1) is 23.0. The topological polar surface area (TPSA) is 122 Å². The Morgan fingerprint density at radius 3 is 2.52 bits per heavy atom. The molecule has 33 heavy (non-hydrogen) atoms. The molecule has 0 unspecified atom stereocenters. The number of amides is 3. The Labute approximate surface area is 201 Å². The summed E-state index contributed by atoms with van der Waals surface area (Å²) < 4.78 is 0.872. The van der Waals surface area contributed by atoms with E-state index in [1.807, 2.05) is 36.4 Å². The van der Waals surface area contributed by atoms with Crippen molar-refractivity contribution in [2.24, 2.45) is 5.73 Å². The number of urea groups is 1. The van der Waals surface area contributed by atoms with E-state index in [1.165, 1.54) is 12.8 Å². The Bertz CT molecular complexity index is 1130. The van der Waals surface area contributed by atoms with Crippen LogP contribution in [-0.2, 0) is 13.0 Å². The summed E-state index contributed by atoms with van der Waals surface area (Å²) in [5.41, 5.74) is 9.90.